The fraction of sp³-hybridized carbons (Fsp3) is 0.188. The van der Waals surface area contributed by atoms with Crippen molar-refractivity contribution in [2.75, 3.05) is 18.6 Å². The van der Waals surface area contributed by atoms with E-state index in [1.54, 1.807) is 49.5 Å². The minimum Gasteiger partial charge on any atom is -0.381 e. The van der Waals surface area contributed by atoms with Crippen molar-refractivity contribution in [2.24, 2.45) is 0 Å². The largest absolute Gasteiger partial charge is 0.381 e. The van der Waals surface area contributed by atoms with Gasteiger partial charge in [0, 0.05) is 31.1 Å². The minimum atomic E-state index is -3.17. The monoisotopic (exact) mass is 318 g/mol. The van der Waals surface area contributed by atoms with E-state index in [0.717, 1.165) is 11.3 Å². The highest BCUT2D eigenvalue weighted by atomic mass is 32.2. The SMILES string of the molecule is CNC(=O)c1cccc(NCc2ccc(S(C)(=O)=O)cc2)c1. The number of anilines is 1. The second-order valence-electron chi connectivity index (χ2n) is 4.93. The summed E-state index contributed by atoms with van der Waals surface area (Å²) in [4.78, 5) is 11.9. The van der Waals surface area contributed by atoms with E-state index in [9.17, 15) is 13.2 Å². The summed E-state index contributed by atoms with van der Waals surface area (Å²) in [5.41, 5.74) is 2.37. The molecule has 0 heterocycles. The first-order valence-corrected chi connectivity index (χ1v) is 8.64. The van der Waals surface area contributed by atoms with Gasteiger partial charge in [0.25, 0.3) is 5.91 Å². The van der Waals surface area contributed by atoms with Crippen LogP contribution >= 0.6 is 0 Å². The zero-order chi connectivity index (χ0) is 16.2. The molecule has 2 N–H and O–H groups in total. The number of amides is 1. The van der Waals surface area contributed by atoms with Crippen LogP contribution in [0.1, 0.15) is 15.9 Å². The van der Waals surface area contributed by atoms with Crippen molar-refractivity contribution in [3.63, 3.8) is 0 Å². The average molecular weight is 318 g/mol. The molecule has 0 radical (unpaired) electrons. The fourth-order valence-corrected chi connectivity index (χ4v) is 2.60. The number of carbonyl (C=O) groups excluding carboxylic acids is 1. The molecule has 116 valence electrons. The van der Waals surface area contributed by atoms with Gasteiger partial charge in [0.15, 0.2) is 9.84 Å². The van der Waals surface area contributed by atoms with Crippen molar-refractivity contribution in [1.82, 2.24) is 5.32 Å². The third kappa shape index (κ3) is 4.08. The zero-order valence-electron chi connectivity index (χ0n) is 12.5. The van der Waals surface area contributed by atoms with Gasteiger partial charge in [-0.15, -0.1) is 0 Å². The molecule has 0 fully saturated rings. The normalized spacial score (nSPS) is 11.0. The maximum atomic E-state index is 11.6. The van der Waals surface area contributed by atoms with E-state index in [0.29, 0.717) is 17.0 Å². The van der Waals surface area contributed by atoms with E-state index in [2.05, 4.69) is 10.6 Å². The van der Waals surface area contributed by atoms with Gasteiger partial charge in [0.05, 0.1) is 4.90 Å². The van der Waals surface area contributed by atoms with E-state index in [1.807, 2.05) is 6.07 Å². The molecule has 0 aliphatic heterocycles. The third-order valence-electron chi connectivity index (χ3n) is 3.20. The van der Waals surface area contributed by atoms with Crippen LogP contribution in [0, 0.1) is 0 Å². The van der Waals surface area contributed by atoms with E-state index >= 15 is 0 Å². The molecular formula is C16H18N2O3S. The van der Waals surface area contributed by atoms with Crippen LogP contribution in [0.4, 0.5) is 5.69 Å². The Bertz CT molecular complexity index is 768. The van der Waals surface area contributed by atoms with Gasteiger partial charge in [-0.2, -0.15) is 0 Å². The predicted molar refractivity (Wildman–Crippen MR) is 86.7 cm³/mol. The maximum Gasteiger partial charge on any atom is 0.251 e. The smallest absolute Gasteiger partial charge is 0.251 e. The molecule has 0 unspecified atom stereocenters. The van der Waals surface area contributed by atoms with Crippen LogP contribution in [0.2, 0.25) is 0 Å². The standard InChI is InChI=1S/C16H18N2O3S/c1-17-16(19)13-4-3-5-14(10-13)18-11-12-6-8-15(9-7-12)22(2,20)21/h3-10,18H,11H2,1-2H3,(H,17,19). The Kier molecular flexibility index (Phi) is 4.82. The van der Waals surface area contributed by atoms with Gasteiger partial charge in [-0.05, 0) is 35.9 Å². The number of carbonyl (C=O) groups is 1. The predicted octanol–water partition coefficient (Wildman–Crippen LogP) is 2.06. The van der Waals surface area contributed by atoms with E-state index < -0.39 is 9.84 Å². The molecule has 0 aliphatic carbocycles. The Morgan fingerprint density at radius 1 is 1.09 bits per heavy atom. The number of sulfone groups is 1. The first kappa shape index (κ1) is 16.0. The number of hydrogen-bond donors (Lipinski definition) is 2. The molecule has 22 heavy (non-hydrogen) atoms. The van der Waals surface area contributed by atoms with Crippen molar-refractivity contribution >= 4 is 21.4 Å². The number of benzene rings is 2. The molecule has 0 aromatic heterocycles. The molecular weight excluding hydrogens is 300 g/mol. The second-order valence-corrected chi connectivity index (χ2v) is 6.95. The van der Waals surface area contributed by atoms with Gasteiger partial charge in [-0.25, -0.2) is 8.42 Å². The zero-order valence-corrected chi connectivity index (χ0v) is 13.3. The van der Waals surface area contributed by atoms with E-state index in [-0.39, 0.29) is 5.91 Å². The second kappa shape index (κ2) is 6.62. The highest BCUT2D eigenvalue weighted by Crippen LogP contribution is 2.14. The molecule has 0 atom stereocenters. The molecule has 0 aliphatic rings. The molecule has 0 saturated heterocycles. The van der Waals surface area contributed by atoms with Crippen LogP contribution in [0.5, 0.6) is 0 Å². The first-order chi connectivity index (χ1) is 10.4. The maximum absolute atomic E-state index is 11.6. The van der Waals surface area contributed by atoms with Crippen molar-refractivity contribution in [2.45, 2.75) is 11.4 Å². The summed E-state index contributed by atoms with van der Waals surface area (Å²) in [6.07, 6.45) is 1.19. The summed E-state index contributed by atoms with van der Waals surface area (Å²) >= 11 is 0. The van der Waals surface area contributed by atoms with Crippen LogP contribution in [-0.4, -0.2) is 27.6 Å². The van der Waals surface area contributed by atoms with E-state index in [1.165, 1.54) is 6.26 Å². The van der Waals surface area contributed by atoms with Gasteiger partial charge >= 0.3 is 0 Å². The summed E-state index contributed by atoms with van der Waals surface area (Å²) in [7, 11) is -1.58. The molecule has 2 aromatic carbocycles. The topological polar surface area (TPSA) is 75.3 Å². The summed E-state index contributed by atoms with van der Waals surface area (Å²) in [6, 6.07) is 13.9. The van der Waals surface area contributed by atoms with Gasteiger partial charge in [0.1, 0.15) is 0 Å². The lowest BCUT2D eigenvalue weighted by Crippen LogP contribution is -2.17. The molecule has 0 saturated carbocycles. The first-order valence-electron chi connectivity index (χ1n) is 6.75. The van der Waals surface area contributed by atoms with Crippen molar-refractivity contribution in [1.29, 1.82) is 0 Å². The number of hydrogen-bond acceptors (Lipinski definition) is 4. The van der Waals surface area contributed by atoms with Crippen LogP contribution in [0.15, 0.2) is 53.4 Å². The van der Waals surface area contributed by atoms with Crippen LogP contribution in [0.25, 0.3) is 0 Å². The molecule has 2 rings (SSSR count). The van der Waals surface area contributed by atoms with Gasteiger partial charge in [-0.3, -0.25) is 4.79 Å². The Hall–Kier alpha value is -2.34. The number of rotatable bonds is 5. The van der Waals surface area contributed by atoms with Crippen LogP contribution in [0.3, 0.4) is 0 Å². The summed E-state index contributed by atoms with van der Waals surface area (Å²) in [5, 5.41) is 5.79. The Labute approximate surface area is 130 Å². The Balaban J connectivity index is 2.06. The Morgan fingerprint density at radius 3 is 2.36 bits per heavy atom. The van der Waals surface area contributed by atoms with Gasteiger partial charge in [0.2, 0.25) is 0 Å². The summed E-state index contributed by atoms with van der Waals surface area (Å²) in [5.74, 6) is -0.138. The lowest BCUT2D eigenvalue weighted by atomic mass is 10.1. The fourth-order valence-electron chi connectivity index (χ4n) is 1.97. The lowest BCUT2D eigenvalue weighted by Gasteiger charge is -2.08. The molecule has 2 aromatic rings. The van der Waals surface area contributed by atoms with Crippen molar-refractivity contribution in [3.05, 3.63) is 59.7 Å². The highest BCUT2D eigenvalue weighted by Gasteiger charge is 2.06. The highest BCUT2D eigenvalue weighted by molar-refractivity contribution is 7.90. The molecule has 6 heteroatoms. The van der Waals surface area contributed by atoms with Crippen molar-refractivity contribution < 1.29 is 13.2 Å². The third-order valence-corrected chi connectivity index (χ3v) is 4.33. The summed E-state index contributed by atoms with van der Waals surface area (Å²) < 4.78 is 22.8. The molecule has 0 spiro atoms. The quantitative estimate of drug-likeness (QED) is 0.885. The molecule has 5 nitrogen and oxygen atoms in total. The average Bonchev–Trinajstić information content (AvgIpc) is 2.52. The van der Waals surface area contributed by atoms with Crippen molar-refractivity contribution in [3.8, 4) is 0 Å². The number of nitrogens with one attached hydrogen (secondary N) is 2. The van der Waals surface area contributed by atoms with Gasteiger partial charge in [-0.1, -0.05) is 18.2 Å². The van der Waals surface area contributed by atoms with Crippen LogP contribution in [-0.2, 0) is 16.4 Å². The molecule has 1 amide bonds. The Morgan fingerprint density at radius 2 is 1.77 bits per heavy atom. The van der Waals surface area contributed by atoms with Crippen LogP contribution < -0.4 is 10.6 Å². The molecule has 0 bridgehead atoms. The van der Waals surface area contributed by atoms with Gasteiger partial charge < -0.3 is 10.6 Å². The van der Waals surface area contributed by atoms with E-state index in [4.69, 9.17) is 0 Å². The summed E-state index contributed by atoms with van der Waals surface area (Å²) in [6.45, 7) is 0.543. The minimum absolute atomic E-state index is 0.138. The lowest BCUT2D eigenvalue weighted by molar-refractivity contribution is 0.0963.